The molecule has 0 aliphatic heterocycles. The van der Waals surface area contributed by atoms with Gasteiger partial charge in [-0.3, -0.25) is 0 Å². The molecule has 1 radical (unpaired) electrons. The van der Waals surface area contributed by atoms with Crippen LogP contribution in [0.15, 0.2) is 54.6 Å². The average Bonchev–Trinajstić information content (AvgIpc) is 2.30. The van der Waals surface area contributed by atoms with Crippen LogP contribution in [0.25, 0.3) is 0 Å². The van der Waals surface area contributed by atoms with Crippen LogP contribution < -0.4 is 0 Å². The Morgan fingerprint density at radius 3 is 1.93 bits per heavy atom. The maximum absolute atomic E-state index is 12.7. The topological polar surface area (TPSA) is 0 Å². The highest BCUT2D eigenvalue weighted by Gasteiger charge is 2.07. The van der Waals surface area contributed by atoms with Crippen molar-refractivity contribution in [2.24, 2.45) is 0 Å². The molecule has 1 atom stereocenters. The van der Waals surface area contributed by atoms with E-state index in [4.69, 9.17) is 0 Å². The smallest absolute Gasteiger partial charge is 0.123 e. The molecule has 0 amide bonds. The van der Waals surface area contributed by atoms with Gasteiger partial charge in [0.15, 0.2) is 0 Å². The van der Waals surface area contributed by atoms with E-state index in [1.54, 1.807) is 12.1 Å². The Morgan fingerprint density at radius 2 is 1.33 bits per heavy atom. The summed E-state index contributed by atoms with van der Waals surface area (Å²) in [5.74, 6) is -0.147. The van der Waals surface area contributed by atoms with E-state index in [0.717, 1.165) is 11.1 Å². The summed E-state index contributed by atoms with van der Waals surface area (Å²) in [5, 5.41) is 0. The second-order valence-corrected chi connectivity index (χ2v) is 3.51. The molecule has 1 unspecified atom stereocenters. The fourth-order valence-electron chi connectivity index (χ4n) is 1.57. The van der Waals surface area contributed by atoms with Crippen LogP contribution in [0.5, 0.6) is 0 Å². The standard InChI is InChI=1S/C14H12F/c1-11(12-5-3-2-4-6-12)13-7-9-14(15)10-8-13/h2-11H,1H2. The zero-order valence-corrected chi connectivity index (χ0v) is 8.36. The molecule has 0 fully saturated rings. The molecule has 2 rings (SSSR count). The quantitative estimate of drug-likeness (QED) is 0.690. The lowest BCUT2D eigenvalue weighted by Crippen LogP contribution is -1.95. The molecule has 0 bridgehead atoms. The molecule has 1 heteroatoms. The second kappa shape index (κ2) is 4.26. The minimum absolute atomic E-state index is 0.0619. The van der Waals surface area contributed by atoms with Crippen molar-refractivity contribution >= 4 is 0 Å². The van der Waals surface area contributed by atoms with E-state index < -0.39 is 0 Å². The second-order valence-electron chi connectivity index (χ2n) is 3.51. The van der Waals surface area contributed by atoms with Crippen molar-refractivity contribution in [3.05, 3.63) is 78.5 Å². The summed E-state index contributed by atoms with van der Waals surface area (Å²) in [4.78, 5) is 0. The maximum atomic E-state index is 12.7. The van der Waals surface area contributed by atoms with Crippen LogP contribution in [0.1, 0.15) is 17.0 Å². The lowest BCUT2D eigenvalue weighted by atomic mass is 9.93. The van der Waals surface area contributed by atoms with E-state index in [-0.39, 0.29) is 11.7 Å². The predicted molar refractivity (Wildman–Crippen MR) is 60.0 cm³/mol. The van der Waals surface area contributed by atoms with Crippen LogP contribution in [0, 0.1) is 12.7 Å². The molecule has 2 aromatic rings. The van der Waals surface area contributed by atoms with Gasteiger partial charge in [0, 0.05) is 5.92 Å². The van der Waals surface area contributed by atoms with Crippen LogP contribution >= 0.6 is 0 Å². The summed E-state index contributed by atoms with van der Waals surface area (Å²) in [6.45, 7) is 4.09. The predicted octanol–water partition coefficient (Wildman–Crippen LogP) is 3.79. The van der Waals surface area contributed by atoms with Gasteiger partial charge in [0.05, 0.1) is 0 Å². The third kappa shape index (κ3) is 2.24. The molecular weight excluding hydrogens is 187 g/mol. The van der Waals surface area contributed by atoms with E-state index in [9.17, 15) is 4.39 Å². The molecular formula is C14H12F. The molecule has 0 aromatic heterocycles. The van der Waals surface area contributed by atoms with E-state index in [1.165, 1.54) is 12.1 Å². The summed E-state index contributed by atoms with van der Waals surface area (Å²) < 4.78 is 12.7. The van der Waals surface area contributed by atoms with Crippen molar-refractivity contribution in [1.82, 2.24) is 0 Å². The van der Waals surface area contributed by atoms with Gasteiger partial charge < -0.3 is 0 Å². The highest BCUT2D eigenvalue weighted by Crippen LogP contribution is 2.23. The highest BCUT2D eigenvalue weighted by molar-refractivity contribution is 5.33. The molecule has 0 saturated carbocycles. The number of hydrogen-bond donors (Lipinski definition) is 0. The van der Waals surface area contributed by atoms with Gasteiger partial charge >= 0.3 is 0 Å². The molecule has 0 heterocycles. The molecule has 15 heavy (non-hydrogen) atoms. The zero-order chi connectivity index (χ0) is 10.7. The van der Waals surface area contributed by atoms with E-state index >= 15 is 0 Å². The average molecular weight is 199 g/mol. The Balaban J connectivity index is 2.29. The van der Waals surface area contributed by atoms with Gasteiger partial charge in [0.1, 0.15) is 5.82 Å². The highest BCUT2D eigenvalue weighted by atomic mass is 19.1. The van der Waals surface area contributed by atoms with Gasteiger partial charge in [-0.05, 0) is 30.2 Å². The fraction of sp³-hybridized carbons (Fsp3) is 0.0714. The molecule has 2 aromatic carbocycles. The van der Waals surface area contributed by atoms with Crippen molar-refractivity contribution in [2.75, 3.05) is 0 Å². The van der Waals surface area contributed by atoms with Crippen molar-refractivity contribution in [1.29, 1.82) is 0 Å². The third-order valence-corrected chi connectivity index (χ3v) is 2.47. The van der Waals surface area contributed by atoms with Gasteiger partial charge in [0.2, 0.25) is 0 Å². The van der Waals surface area contributed by atoms with Gasteiger partial charge in [-0.1, -0.05) is 42.5 Å². The molecule has 0 aliphatic rings. The summed E-state index contributed by atoms with van der Waals surface area (Å²) in [7, 11) is 0. The van der Waals surface area contributed by atoms with Gasteiger partial charge in [0.25, 0.3) is 0 Å². The molecule has 0 saturated heterocycles. The lowest BCUT2D eigenvalue weighted by Gasteiger charge is -2.11. The first-order valence-corrected chi connectivity index (χ1v) is 4.91. The van der Waals surface area contributed by atoms with Crippen LogP contribution in [0.3, 0.4) is 0 Å². The van der Waals surface area contributed by atoms with Crippen LogP contribution in [-0.4, -0.2) is 0 Å². The third-order valence-electron chi connectivity index (χ3n) is 2.47. The van der Waals surface area contributed by atoms with Crippen LogP contribution in [-0.2, 0) is 0 Å². The first-order chi connectivity index (χ1) is 7.27. The number of hydrogen-bond acceptors (Lipinski definition) is 0. The first kappa shape index (κ1) is 9.91. The molecule has 0 spiro atoms. The Bertz CT molecular complexity index is 417. The van der Waals surface area contributed by atoms with Gasteiger partial charge in [-0.25, -0.2) is 4.39 Å². The minimum Gasteiger partial charge on any atom is -0.207 e. The summed E-state index contributed by atoms with van der Waals surface area (Å²) >= 11 is 0. The largest absolute Gasteiger partial charge is 0.207 e. The Morgan fingerprint density at radius 1 is 0.800 bits per heavy atom. The first-order valence-electron chi connectivity index (χ1n) is 4.91. The molecule has 0 aliphatic carbocycles. The van der Waals surface area contributed by atoms with E-state index in [0.29, 0.717) is 0 Å². The van der Waals surface area contributed by atoms with Crippen molar-refractivity contribution < 1.29 is 4.39 Å². The van der Waals surface area contributed by atoms with E-state index in [1.807, 2.05) is 30.3 Å². The SMILES string of the molecule is [CH2]C(c1ccccc1)c1ccc(F)cc1. The normalized spacial score (nSPS) is 12.4. The Kier molecular flexibility index (Phi) is 2.82. The Hall–Kier alpha value is -1.63. The Labute approximate surface area is 89.4 Å². The monoisotopic (exact) mass is 199 g/mol. The summed E-state index contributed by atoms with van der Waals surface area (Å²) in [6.07, 6.45) is 0. The van der Waals surface area contributed by atoms with Crippen molar-refractivity contribution in [2.45, 2.75) is 5.92 Å². The maximum Gasteiger partial charge on any atom is 0.123 e. The molecule has 75 valence electrons. The number of rotatable bonds is 2. The van der Waals surface area contributed by atoms with Crippen molar-refractivity contribution in [3.8, 4) is 0 Å². The lowest BCUT2D eigenvalue weighted by molar-refractivity contribution is 0.627. The fourth-order valence-corrected chi connectivity index (χ4v) is 1.57. The van der Waals surface area contributed by atoms with Crippen LogP contribution in [0.4, 0.5) is 4.39 Å². The number of halogens is 1. The minimum atomic E-state index is -0.209. The summed E-state index contributed by atoms with van der Waals surface area (Å²) in [5.41, 5.74) is 2.17. The van der Waals surface area contributed by atoms with Crippen LogP contribution in [0.2, 0.25) is 0 Å². The van der Waals surface area contributed by atoms with Crippen molar-refractivity contribution in [3.63, 3.8) is 0 Å². The summed E-state index contributed by atoms with van der Waals surface area (Å²) in [6, 6.07) is 16.5. The van der Waals surface area contributed by atoms with Gasteiger partial charge in [-0.15, -0.1) is 0 Å². The zero-order valence-electron chi connectivity index (χ0n) is 8.36. The number of benzene rings is 2. The molecule has 0 nitrogen and oxygen atoms in total. The molecule has 0 N–H and O–H groups in total. The van der Waals surface area contributed by atoms with E-state index in [2.05, 4.69) is 6.92 Å². The van der Waals surface area contributed by atoms with Gasteiger partial charge in [-0.2, -0.15) is 0 Å².